The number of hydrogen-bond donors (Lipinski definition) is 1. The Balaban J connectivity index is 1.42. The summed E-state index contributed by atoms with van der Waals surface area (Å²) in [6.45, 7) is 5.43. The van der Waals surface area contributed by atoms with Gasteiger partial charge in [0, 0.05) is 18.2 Å². The fraction of sp³-hybridized carbons (Fsp3) is 0.259. The molecular weight excluding hydrogens is 400 g/mol. The molecule has 1 amide bonds. The van der Waals surface area contributed by atoms with E-state index in [9.17, 15) is 10.1 Å². The number of ether oxygens (including phenoxy) is 2. The topological polar surface area (TPSA) is 71.3 Å². The molecule has 0 spiro atoms. The smallest absolute Gasteiger partial charge is 0.251 e. The third kappa shape index (κ3) is 4.76. The second-order valence-electron chi connectivity index (χ2n) is 8.18. The van der Waals surface area contributed by atoms with Crippen molar-refractivity contribution in [2.75, 3.05) is 13.2 Å². The second-order valence-corrected chi connectivity index (χ2v) is 8.18. The van der Waals surface area contributed by atoms with Crippen molar-refractivity contribution >= 4 is 5.91 Å². The van der Waals surface area contributed by atoms with E-state index in [1.807, 2.05) is 24.3 Å². The van der Waals surface area contributed by atoms with Gasteiger partial charge in [0.25, 0.3) is 5.91 Å². The zero-order chi connectivity index (χ0) is 22.5. The van der Waals surface area contributed by atoms with Gasteiger partial charge in [0.2, 0.25) is 0 Å². The number of carbonyl (C=O) groups is 1. The predicted molar refractivity (Wildman–Crippen MR) is 123 cm³/mol. The number of hydrogen-bond acceptors (Lipinski definition) is 4. The number of nitriles is 1. The number of benzene rings is 3. The molecule has 1 aliphatic rings. The average Bonchev–Trinajstić information content (AvgIpc) is 2.83. The summed E-state index contributed by atoms with van der Waals surface area (Å²) < 4.78 is 11.7. The van der Waals surface area contributed by atoms with Crippen molar-refractivity contribution in [2.24, 2.45) is 0 Å². The SMILES string of the molecule is CC1CCOc2cc(Oc3ccc(C(=O)NC[C@H](C)c4ccccc4)cc3)c(C#N)cc21. The molecule has 0 saturated carbocycles. The first-order chi connectivity index (χ1) is 15.5. The molecule has 0 saturated heterocycles. The van der Waals surface area contributed by atoms with Gasteiger partial charge in [0.1, 0.15) is 23.3 Å². The van der Waals surface area contributed by atoms with Gasteiger partial charge in [0.15, 0.2) is 0 Å². The van der Waals surface area contributed by atoms with E-state index in [-0.39, 0.29) is 11.8 Å². The van der Waals surface area contributed by atoms with Crippen LogP contribution in [0.4, 0.5) is 0 Å². The van der Waals surface area contributed by atoms with Gasteiger partial charge < -0.3 is 14.8 Å². The Morgan fingerprint density at radius 1 is 1.19 bits per heavy atom. The van der Waals surface area contributed by atoms with E-state index in [2.05, 4.69) is 37.4 Å². The highest BCUT2D eigenvalue weighted by atomic mass is 16.5. The molecule has 0 aromatic heterocycles. The van der Waals surface area contributed by atoms with Crippen molar-refractivity contribution in [3.63, 3.8) is 0 Å². The van der Waals surface area contributed by atoms with E-state index in [0.717, 1.165) is 17.7 Å². The fourth-order valence-electron chi connectivity index (χ4n) is 3.81. The fourth-order valence-corrected chi connectivity index (χ4v) is 3.81. The van der Waals surface area contributed by atoms with E-state index in [1.54, 1.807) is 30.3 Å². The Morgan fingerprint density at radius 2 is 1.94 bits per heavy atom. The van der Waals surface area contributed by atoms with E-state index in [4.69, 9.17) is 9.47 Å². The first kappa shape index (κ1) is 21.5. The maximum atomic E-state index is 12.5. The third-order valence-electron chi connectivity index (χ3n) is 5.85. The zero-order valence-electron chi connectivity index (χ0n) is 18.3. The number of amides is 1. The molecule has 3 aromatic carbocycles. The molecule has 1 unspecified atom stereocenters. The van der Waals surface area contributed by atoms with Crippen LogP contribution >= 0.6 is 0 Å². The summed E-state index contributed by atoms with van der Waals surface area (Å²) >= 11 is 0. The van der Waals surface area contributed by atoms with Crippen LogP contribution in [0.3, 0.4) is 0 Å². The highest BCUT2D eigenvalue weighted by Crippen LogP contribution is 2.39. The molecule has 5 heteroatoms. The summed E-state index contributed by atoms with van der Waals surface area (Å²) in [6, 6.07) is 22.9. The minimum atomic E-state index is -0.131. The van der Waals surface area contributed by atoms with Crippen molar-refractivity contribution in [2.45, 2.75) is 32.1 Å². The van der Waals surface area contributed by atoms with E-state index < -0.39 is 0 Å². The number of rotatable bonds is 6. The van der Waals surface area contributed by atoms with E-state index >= 15 is 0 Å². The van der Waals surface area contributed by atoms with Gasteiger partial charge in [-0.3, -0.25) is 4.79 Å². The van der Waals surface area contributed by atoms with Crippen molar-refractivity contribution in [3.05, 3.63) is 89.0 Å². The van der Waals surface area contributed by atoms with Crippen molar-refractivity contribution in [1.29, 1.82) is 5.26 Å². The molecule has 0 fully saturated rings. The van der Waals surface area contributed by atoms with Gasteiger partial charge in [-0.25, -0.2) is 0 Å². The van der Waals surface area contributed by atoms with Crippen LogP contribution in [-0.4, -0.2) is 19.1 Å². The molecule has 0 bridgehead atoms. The number of nitrogens with one attached hydrogen (secondary N) is 1. The molecule has 162 valence electrons. The summed E-state index contributed by atoms with van der Waals surface area (Å²) in [5.74, 6) is 2.21. The molecule has 5 nitrogen and oxygen atoms in total. The summed E-state index contributed by atoms with van der Waals surface area (Å²) in [7, 11) is 0. The highest BCUT2D eigenvalue weighted by molar-refractivity contribution is 5.94. The highest BCUT2D eigenvalue weighted by Gasteiger charge is 2.21. The standard InChI is InChI=1S/C27H26N2O3/c1-18-12-13-31-26-15-25(22(16-28)14-24(18)26)32-23-10-8-21(9-11-23)27(30)29-17-19(2)20-6-4-3-5-7-20/h3-11,14-15,18-19H,12-13,17H2,1-2H3,(H,29,30)/t18?,19-/m0/s1. The van der Waals surface area contributed by atoms with Gasteiger partial charge in [-0.05, 0) is 59.7 Å². The monoisotopic (exact) mass is 426 g/mol. The second kappa shape index (κ2) is 9.57. The largest absolute Gasteiger partial charge is 0.493 e. The van der Waals surface area contributed by atoms with Crippen LogP contribution in [0, 0.1) is 11.3 Å². The molecule has 0 aliphatic carbocycles. The number of fused-ring (bicyclic) bond motifs is 1. The lowest BCUT2D eigenvalue weighted by Gasteiger charge is -2.24. The number of carbonyl (C=O) groups excluding carboxylic acids is 1. The minimum absolute atomic E-state index is 0.131. The van der Waals surface area contributed by atoms with Gasteiger partial charge in [-0.15, -0.1) is 0 Å². The van der Waals surface area contributed by atoms with Gasteiger partial charge in [0.05, 0.1) is 12.2 Å². The van der Waals surface area contributed by atoms with Crippen molar-refractivity contribution in [3.8, 4) is 23.3 Å². The van der Waals surface area contributed by atoms with Crippen molar-refractivity contribution in [1.82, 2.24) is 5.32 Å². The summed E-state index contributed by atoms with van der Waals surface area (Å²) in [5, 5.41) is 12.5. The molecule has 0 radical (unpaired) electrons. The molecule has 1 N–H and O–H groups in total. The van der Waals surface area contributed by atoms with Gasteiger partial charge >= 0.3 is 0 Å². The summed E-state index contributed by atoms with van der Waals surface area (Å²) in [6.07, 6.45) is 0.936. The lowest BCUT2D eigenvalue weighted by Crippen LogP contribution is -2.27. The lowest BCUT2D eigenvalue weighted by atomic mass is 9.93. The Kier molecular flexibility index (Phi) is 6.42. The Hall–Kier alpha value is -3.78. The Labute approximate surface area is 188 Å². The van der Waals surface area contributed by atoms with E-state index in [0.29, 0.717) is 41.7 Å². The lowest BCUT2D eigenvalue weighted by molar-refractivity contribution is 0.0951. The minimum Gasteiger partial charge on any atom is -0.493 e. The molecule has 2 atom stereocenters. The molecule has 1 heterocycles. The van der Waals surface area contributed by atoms with Crippen LogP contribution in [0.1, 0.15) is 59.2 Å². The van der Waals surface area contributed by atoms with Crippen molar-refractivity contribution < 1.29 is 14.3 Å². The zero-order valence-corrected chi connectivity index (χ0v) is 18.3. The summed E-state index contributed by atoms with van der Waals surface area (Å²) in [5.41, 5.74) is 3.25. The molecule has 3 aromatic rings. The Morgan fingerprint density at radius 3 is 2.66 bits per heavy atom. The van der Waals surface area contributed by atoms with Crippen LogP contribution in [-0.2, 0) is 0 Å². The molecular formula is C27H26N2O3. The molecule has 4 rings (SSSR count). The van der Waals surface area contributed by atoms with Gasteiger partial charge in [-0.2, -0.15) is 5.26 Å². The molecule has 32 heavy (non-hydrogen) atoms. The average molecular weight is 427 g/mol. The van der Waals surface area contributed by atoms with Crippen LogP contribution < -0.4 is 14.8 Å². The third-order valence-corrected chi connectivity index (χ3v) is 5.85. The predicted octanol–water partition coefficient (Wildman–Crippen LogP) is 5.77. The first-order valence-electron chi connectivity index (χ1n) is 10.9. The van der Waals surface area contributed by atoms with Gasteiger partial charge in [-0.1, -0.05) is 44.2 Å². The summed E-state index contributed by atoms with van der Waals surface area (Å²) in [4.78, 5) is 12.5. The Bertz CT molecular complexity index is 1130. The van der Waals surface area contributed by atoms with Crippen LogP contribution in [0.2, 0.25) is 0 Å². The van der Waals surface area contributed by atoms with Crippen LogP contribution in [0.25, 0.3) is 0 Å². The molecule has 1 aliphatic heterocycles. The van der Waals surface area contributed by atoms with E-state index in [1.165, 1.54) is 5.56 Å². The maximum Gasteiger partial charge on any atom is 0.251 e. The number of nitrogens with zero attached hydrogens (tertiary/aromatic N) is 1. The van der Waals surface area contributed by atoms with Crippen LogP contribution in [0.5, 0.6) is 17.2 Å². The quantitative estimate of drug-likeness (QED) is 0.543. The first-order valence-corrected chi connectivity index (χ1v) is 10.9. The normalized spacial score (nSPS) is 15.6. The van der Waals surface area contributed by atoms with Crippen LogP contribution in [0.15, 0.2) is 66.7 Å². The maximum absolute atomic E-state index is 12.5.